The predicted octanol–water partition coefficient (Wildman–Crippen LogP) is 2.67. The number of carbonyl (C=O) groups excluding carboxylic acids is 2. The van der Waals surface area contributed by atoms with Gasteiger partial charge in [0.15, 0.2) is 0 Å². The van der Waals surface area contributed by atoms with Crippen molar-refractivity contribution >= 4 is 39.5 Å². The van der Waals surface area contributed by atoms with Crippen molar-refractivity contribution in [3.8, 4) is 5.75 Å². The molecular weight excluding hydrogens is 456 g/mol. The molecule has 10 nitrogen and oxygen atoms in total. The van der Waals surface area contributed by atoms with Crippen LogP contribution in [0.1, 0.15) is 42.9 Å². The summed E-state index contributed by atoms with van der Waals surface area (Å²) in [5, 5.41) is 9.88. The van der Waals surface area contributed by atoms with Crippen molar-refractivity contribution in [2.45, 2.75) is 33.9 Å². The second kappa shape index (κ2) is 7.48. The Labute approximate surface area is 179 Å². The number of amides is 1. The zero-order chi connectivity index (χ0) is 21.6. The van der Waals surface area contributed by atoms with Gasteiger partial charge in [0.25, 0.3) is 12.0 Å². The van der Waals surface area contributed by atoms with Crippen LogP contribution in [0.5, 0.6) is 5.75 Å². The van der Waals surface area contributed by atoms with Crippen LogP contribution in [0.2, 0.25) is 0 Å². The molecule has 3 aromatic rings. The molecule has 1 aromatic carbocycles. The molecule has 0 radical (unpaired) electrons. The van der Waals surface area contributed by atoms with E-state index in [0.717, 1.165) is 20.9 Å². The zero-order valence-corrected chi connectivity index (χ0v) is 18.2. The van der Waals surface area contributed by atoms with E-state index in [1.54, 1.807) is 22.7 Å². The van der Waals surface area contributed by atoms with Crippen LogP contribution < -0.4 is 4.74 Å². The fourth-order valence-corrected chi connectivity index (χ4v) is 3.41. The van der Waals surface area contributed by atoms with Crippen molar-refractivity contribution in [1.82, 2.24) is 24.6 Å². The number of hydrazone groups is 1. The number of hydrogen-bond acceptors (Lipinski definition) is 8. The van der Waals surface area contributed by atoms with Crippen LogP contribution >= 0.6 is 15.9 Å². The van der Waals surface area contributed by atoms with Gasteiger partial charge in [-0.25, -0.2) is 9.50 Å². The van der Waals surface area contributed by atoms with E-state index in [1.807, 2.05) is 19.9 Å². The van der Waals surface area contributed by atoms with Gasteiger partial charge in [-0.3, -0.25) is 9.59 Å². The van der Waals surface area contributed by atoms with Crippen molar-refractivity contribution in [1.29, 1.82) is 0 Å². The predicted molar refractivity (Wildman–Crippen MR) is 109 cm³/mol. The van der Waals surface area contributed by atoms with Crippen molar-refractivity contribution in [3.63, 3.8) is 0 Å². The third kappa shape index (κ3) is 3.63. The van der Waals surface area contributed by atoms with Crippen LogP contribution in [0.15, 0.2) is 33.8 Å². The maximum Gasteiger partial charge on any atom is 0.308 e. The summed E-state index contributed by atoms with van der Waals surface area (Å²) in [5.74, 6) is 0.132. The quantitative estimate of drug-likeness (QED) is 0.425. The molecule has 30 heavy (non-hydrogen) atoms. The molecule has 1 unspecified atom stereocenters. The minimum Gasteiger partial charge on any atom is -0.442 e. The Bertz CT molecular complexity index is 1220. The first kappa shape index (κ1) is 20.0. The lowest BCUT2D eigenvalue weighted by atomic mass is 10.2. The first-order chi connectivity index (χ1) is 14.2. The van der Waals surface area contributed by atoms with Gasteiger partial charge in [0.05, 0.1) is 5.56 Å². The van der Waals surface area contributed by atoms with Gasteiger partial charge in [-0.1, -0.05) is 15.9 Å². The monoisotopic (exact) mass is 472 g/mol. The largest absolute Gasteiger partial charge is 0.442 e. The van der Waals surface area contributed by atoms with Gasteiger partial charge < -0.3 is 9.47 Å². The SMILES string of the molecule is CC(=O)Oc1ccc(Br)cc1C1=NN(C(C)=O)C(c2nc3nc(C)cc(C)n3n2)O1. The van der Waals surface area contributed by atoms with Crippen LogP contribution in [-0.2, 0) is 14.3 Å². The highest BCUT2D eigenvalue weighted by atomic mass is 79.9. The highest BCUT2D eigenvalue weighted by Crippen LogP contribution is 2.33. The van der Waals surface area contributed by atoms with Crippen LogP contribution in [0.3, 0.4) is 0 Å². The molecule has 154 valence electrons. The molecule has 0 N–H and O–H groups in total. The first-order valence-electron chi connectivity index (χ1n) is 8.97. The Balaban J connectivity index is 1.76. The highest BCUT2D eigenvalue weighted by Gasteiger charge is 2.37. The van der Waals surface area contributed by atoms with Crippen molar-refractivity contribution in [2.75, 3.05) is 0 Å². The first-order valence-corrected chi connectivity index (χ1v) is 9.76. The molecule has 11 heteroatoms. The number of hydrogen-bond donors (Lipinski definition) is 0. The molecule has 4 rings (SSSR count). The highest BCUT2D eigenvalue weighted by molar-refractivity contribution is 9.10. The summed E-state index contributed by atoms with van der Waals surface area (Å²) >= 11 is 3.38. The number of carbonyl (C=O) groups is 2. The fraction of sp³-hybridized carbons (Fsp3) is 0.263. The second-order valence-corrected chi connectivity index (χ2v) is 7.61. The summed E-state index contributed by atoms with van der Waals surface area (Å²) in [6, 6.07) is 6.89. The summed E-state index contributed by atoms with van der Waals surface area (Å²) in [5.41, 5.74) is 2.04. The van der Waals surface area contributed by atoms with Crippen LogP contribution in [0.25, 0.3) is 5.78 Å². The Morgan fingerprint density at radius 2 is 1.93 bits per heavy atom. The Morgan fingerprint density at radius 3 is 2.63 bits per heavy atom. The van der Waals surface area contributed by atoms with Gasteiger partial charge in [-0.05, 0) is 38.1 Å². The lowest BCUT2D eigenvalue weighted by Crippen LogP contribution is -2.26. The molecule has 0 aliphatic carbocycles. The van der Waals surface area contributed by atoms with Crippen molar-refractivity contribution in [3.05, 3.63) is 51.5 Å². The van der Waals surface area contributed by atoms with E-state index in [-0.39, 0.29) is 23.4 Å². The molecular formula is C19H17BrN6O4. The average Bonchev–Trinajstić information content (AvgIpc) is 3.27. The van der Waals surface area contributed by atoms with Crippen LogP contribution in [0.4, 0.5) is 0 Å². The van der Waals surface area contributed by atoms with E-state index >= 15 is 0 Å². The van der Waals surface area contributed by atoms with Crippen molar-refractivity contribution < 1.29 is 19.1 Å². The Kier molecular flexibility index (Phi) is 4.98. The molecule has 3 heterocycles. The van der Waals surface area contributed by atoms with E-state index in [9.17, 15) is 9.59 Å². The standard InChI is InChI=1S/C19H17BrN6O4/c1-9-7-10(2)25-19(21-9)22-16(23-25)18-26(11(3)27)24-17(30-18)14-8-13(20)5-6-15(14)29-12(4)28/h5-8,18H,1-4H3. The Hall–Kier alpha value is -3.34. The maximum absolute atomic E-state index is 12.2. The smallest absolute Gasteiger partial charge is 0.308 e. The number of nitrogens with zero attached hydrogens (tertiary/aromatic N) is 6. The molecule has 0 saturated carbocycles. The molecule has 0 saturated heterocycles. The summed E-state index contributed by atoms with van der Waals surface area (Å²) in [6.45, 7) is 6.40. The summed E-state index contributed by atoms with van der Waals surface area (Å²) in [6.07, 6.45) is -0.983. The molecule has 1 aliphatic heterocycles. The average molecular weight is 473 g/mol. The van der Waals surface area contributed by atoms with Crippen molar-refractivity contribution in [2.24, 2.45) is 5.10 Å². The molecule has 0 fully saturated rings. The molecule has 1 atom stereocenters. The lowest BCUT2D eigenvalue weighted by Gasteiger charge is -2.15. The number of benzene rings is 1. The minimum atomic E-state index is -0.983. The Morgan fingerprint density at radius 1 is 1.17 bits per heavy atom. The number of aryl methyl sites for hydroxylation is 2. The fourth-order valence-electron chi connectivity index (χ4n) is 3.04. The molecule has 2 aromatic heterocycles. The summed E-state index contributed by atoms with van der Waals surface area (Å²) in [7, 11) is 0. The van der Waals surface area contributed by atoms with E-state index in [2.05, 4.69) is 36.1 Å². The lowest BCUT2D eigenvalue weighted by molar-refractivity contribution is -0.135. The van der Waals surface area contributed by atoms with Crippen LogP contribution in [0, 0.1) is 13.8 Å². The zero-order valence-electron chi connectivity index (χ0n) is 16.6. The maximum atomic E-state index is 12.2. The normalized spacial score (nSPS) is 15.8. The topological polar surface area (TPSA) is 111 Å². The van der Waals surface area contributed by atoms with E-state index < -0.39 is 12.2 Å². The number of ether oxygens (including phenoxy) is 2. The number of fused-ring (bicyclic) bond motifs is 1. The molecule has 0 bridgehead atoms. The number of aromatic nitrogens is 4. The number of rotatable bonds is 3. The van der Waals surface area contributed by atoms with E-state index in [0.29, 0.717) is 11.3 Å². The van der Waals surface area contributed by atoms with Gasteiger partial charge in [-0.2, -0.15) is 9.99 Å². The van der Waals surface area contributed by atoms with Gasteiger partial charge in [-0.15, -0.1) is 10.2 Å². The second-order valence-electron chi connectivity index (χ2n) is 6.69. The summed E-state index contributed by atoms with van der Waals surface area (Å²) in [4.78, 5) is 32.5. The summed E-state index contributed by atoms with van der Waals surface area (Å²) < 4.78 is 13.5. The minimum absolute atomic E-state index is 0.104. The third-order valence-corrected chi connectivity index (χ3v) is 4.74. The van der Waals surface area contributed by atoms with Crippen LogP contribution in [-0.4, -0.2) is 42.4 Å². The number of esters is 1. The molecule has 0 spiro atoms. The molecule has 1 amide bonds. The van der Waals surface area contributed by atoms with Gasteiger partial charge >= 0.3 is 5.97 Å². The van der Waals surface area contributed by atoms with Gasteiger partial charge in [0.2, 0.25) is 17.6 Å². The van der Waals surface area contributed by atoms with E-state index in [1.165, 1.54) is 13.8 Å². The van der Waals surface area contributed by atoms with Gasteiger partial charge in [0, 0.05) is 29.7 Å². The van der Waals surface area contributed by atoms with Gasteiger partial charge in [0.1, 0.15) is 5.75 Å². The third-order valence-electron chi connectivity index (χ3n) is 4.25. The number of halogens is 1. The molecule has 1 aliphatic rings. The van der Waals surface area contributed by atoms with E-state index in [4.69, 9.17) is 9.47 Å².